The molecule has 0 aliphatic carbocycles. The molecule has 0 radical (unpaired) electrons. The molecule has 2 aromatic carbocycles. The molecule has 0 saturated carbocycles. The Kier molecular flexibility index (Phi) is 2.75. The summed E-state index contributed by atoms with van der Waals surface area (Å²) in [7, 11) is 0. The standard InChI is InChI=1S/C15H13FN2S/c1-8-5-9(2)14(17)11(6-8)15-18-12-4-3-10(16)7-13(12)19-15/h3-7H,17H2,1-2H3. The van der Waals surface area contributed by atoms with E-state index in [-0.39, 0.29) is 5.82 Å². The predicted octanol–water partition coefficient (Wildman–Crippen LogP) is 4.30. The van der Waals surface area contributed by atoms with Crippen LogP contribution in [-0.4, -0.2) is 4.98 Å². The maximum absolute atomic E-state index is 13.2. The monoisotopic (exact) mass is 272 g/mol. The van der Waals surface area contributed by atoms with E-state index in [0.29, 0.717) is 0 Å². The van der Waals surface area contributed by atoms with Gasteiger partial charge < -0.3 is 5.73 Å². The highest BCUT2D eigenvalue weighted by atomic mass is 32.1. The minimum absolute atomic E-state index is 0.240. The van der Waals surface area contributed by atoms with Crippen LogP contribution in [0.15, 0.2) is 30.3 Å². The van der Waals surface area contributed by atoms with Gasteiger partial charge in [0.1, 0.15) is 10.8 Å². The molecule has 4 heteroatoms. The van der Waals surface area contributed by atoms with E-state index in [9.17, 15) is 4.39 Å². The Labute approximate surface area is 114 Å². The fourth-order valence-electron chi connectivity index (χ4n) is 2.17. The smallest absolute Gasteiger partial charge is 0.126 e. The van der Waals surface area contributed by atoms with Crippen LogP contribution in [-0.2, 0) is 0 Å². The van der Waals surface area contributed by atoms with Crippen molar-refractivity contribution in [1.82, 2.24) is 4.98 Å². The number of nitrogens with zero attached hydrogens (tertiary/aromatic N) is 1. The van der Waals surface area contributed by atoms with Crippen LogP contribution >= 0.6 is 11.3 Å². The van der Waals surface area contributed by atoms with Crippen LogP contribution in [0.2, 0.25) is 0 Å². The minimum Gasteiger partial charge on any atom is -0.398 e. The van der Waals surface area contributed by atoms with Crippen LogP contribution in [0, 0.1) is 19.7 Å². The van der Waals surface area contributed by atoms with Gasteiger partial charge in [0.15, 0.2) is 0 Å². The summed E-state index contributed by atoms with van der Waals surface area (Å²) in [6, 6.07) is 8.71. The number of nitrogens with two attached hydrogens (primary N) is 1. The molecule has 3 aromatic rings. The zero-order valence-corrected chi connectivity index (χ0v) is 11.5. The van der Waals surface area contributed by atoms with Crippen molar-refractivity contribution in [3.63, 3.8) is 0 Å². The van der Waals surface area contributed by atoms with Crippen molar-refractivity contribution in [2.24, 2.45) is 0 Å². The number of halogens is 1. The SMILES string of the molecule is Cc1cc(C)c(N)c(-c2nc3ccc(F)cc3s2)c1. The van der Waals surface area contributed by atoms with Gasteiger partial charge >= 0.3 is 0 Å². The van der Waals surface area contributed by atoms with E-state index in [0.717, 1.165) is 37.6 Å². The number of hydrogen-bond donors (Lipinski definition) is 1. The Hall–Kier alpha value is -1.94. The highest BCUT2D eigenvalue weighted by Gasteiger charge is 2.11. The minimum atomic E-state index is -0.240. The molecule has 0 aliphatic heterocycles. The summed E-state index contributed by atoms with van der Waals surface area (Å²) < 4.78 is 14.1. The molecule has 1 aromatic heterocycles. The van der Waals surface area contributed by atoms with Gasteiger partial charge in [-0.3, -0.25) is 0 Å². The fraction of sp³-hybridized carbons (Fsp3) is 0.133. The van der Waals surface area contributed by atoms with E-state index >= 15 is 0 Å². The summed E-state index contributed by atoms with van der Waals surface area (Å²) in [6.45, 7) is 4.02. The number of benzene rings is 2. The first-order chi connectivity index (χ1) is 9.04. The molecule has 0 atom stereocenters. The molecule has 0 saturated heterocycles. The molecule has 0 spiro atoms. The number of aromatic nitrogens is 1. The molecule has 2 N–H and O–H groups in total. The zero-order valence-electron chi connectivity index (χ0n) is 10.7. The fourth-order valence-corrected chi connectivity index (χ4v) is 3.19. The van der Waals surface area contributed by atoms with Gasteiger partial charge in [-0.25, -0.2) is 9.37 Å². The van der Waals surface area contributed by atoms with Crippen LogP contribution in [0.25, 0.3) is 20.8 Å². The van der Waals surface area contributed by atoms with E-state index in [2.05, 4.69) is 4.98 Å². The molecule has 1 heterocycles. The largest absolute Gasteiger partial charge is 0.398 e. The molecule has 0 fully saturated rings. The number of nitrogen functional groups attached to an aromatic ring is 1. The van der Waals surface area contributed by atoms with Gasteiger partial charge in [-0.1, -0.05) is 11.6 Å². The highest BCUT2D eigenvalue weighted by Crippen LogP contribution is 2.35. The lowest BCUT2D eigenvalue weighted by Crippen LogP contribution is -1.94. The Morgan fingerprint density at radius 2 is 1.95 bits per heavy atom. The lowest BCUT2D eigenvalue weighted by molar-refractivity contribution is 0.630. The van der Waals surface area contributed by atoms with E-state index in [4.69, 9.17) is 5.73 Å². The maximum Gasteiger partial charge on any atom is 0.126 e. The van der Waals surface area contributed by atoms with Crippen molar-refractivity contribution in [2.75, 3.05) is 5.73 Å². The Morgan fingerprint density at radius 1 is 1.16 bits per heavy atom. The molecular weight excluding hydrogens is 259 g/mol. The first kappa shape index (κ1) is 12.1. The van der Waals surface area contributed by atoms with E-state index in [1.165, 1.54) is 23.5 Å². The lowest BCUT2D eigenvalue weighted by atomic mass is 10.1. The number of anilines is 1. The average molecular weight is 272 g/mol. The first-order valence-corrected chi connectivity index (χ1v) is 6.79. The van der Waals surface area contributed by atoms with Gasteiger partial charge in [0.2, 0.25) is 0 Å². The van der Waals surface area contributed by atoms with Gasteiger partial charge in [0, 0.05) is 11.3 Å². The van der Waals surface area contributed by atoms with E-state index in [1.807, 2.05) is 26.0 Å². The summed E-state index contributed by atoms with van der Waals surface area (Å²) in [5.41, 5.74) is 10.8. The topological polar surface area (TPSA) is 38.9 Å². The third-order valence-electron chi connectivity index (χ3n) is 3.11. The summed E-state index contributed by atoms with van der Waals surface area (Å²) in [5.74, 6) is -0.240. The summed E-state index contributed by atoms with van der Waals surface area (Å²) >= 11 is 1.46. The predicted molar refractivity (Wildman–Crippen MR) is 78.9 cm³/mol. The van der Waals surface area contributed by atoms with Gasteiger partial charge in [-0.05, 0) is 43.7 Å². The van der Waals surface area contributed by atoms with E-state index < -0.39 is 0 Å². The second-order valence-corrected chi connectivity index (χ2v) is 5.70. The number of thiazole rings is 1. The number of aryl methyl sites for hydroxylation is 2. The Bertz CT molecular complexity index is 777. The second kappa shape index (κ2) is 4.31. The van der Waals surface area contributed by atoms with Crippen molar-refractivity contribution in [3.8, 4) is 10.6 Å². The van der Waals surface area contributed by atoms with Crippen molar-refractivity contribution in [2.45, 2.75) is 13.8 Å². The van der Waals surface area contributed by atoms with Crippen molar-refractivity contribution in [3.05, 3.63) is 47.3 Å². The van der Waals surface area contributed by atoms with Gasteiger partial charge in [0.25, 0.3) is 0 Å². The number of fused-ring (bicyclic) bond motifs is 1. The molecule has 96 valence electrons. The van der Waals surface area contributed by atoms with Crippen LogP contribution in [0.1, 0.15) is 11.1 Å². The average Bonchev–Trinajstić information content (AvgIpc) is 2.76. The Balaban J connectivity index is 2.24. The molecule has 0 bridgehead atoms. The van der Waals surface area contributed by atoms with Gasteiger partial charge in [-0.15, -0.1) is 11.3 Å². The summed E-state index contributed by atoms with van der Waals surface area (Å²) in [4.78, 5) is 4.54. The number of rotatable bonds is 1. The first-order valence-electron chi connectivity index (χ1n) is 5.98. The summed E-state index contributed by atoms with van der Waals surface area (Å²) in [5, 5.41) is 0.838. The molecular formula is C15H13FN2S. The zero-order chi connectivity index (χ0) is 13.6. The van der Waals surface area contributed by atoms with Gasteiger partial charge in [0.05, 0.1) is 10.2 Å². The van der Waals surface area contributed by atoms with E-state index in [1.54, 1.807) is 6.07 Å². The molecule has 0 aliphatic rings. The van der Waals surface area contributed by atoms with Gasteiger partial charge in [-0.2, -0.15) is 0 Å². The normalized spacial score (nSPS) is 11.1. The Morgan fingerprint density at radius 3 is 2.74 bits per heavy atom. The molecule has 3 rings (SSSR count). The lowest BCUT2D eigenvalue weighted by Gasteiger charge is -2.07. The summed E-state index contributed by atoms with van der Waals surface area (Å²) in [6.07, 6.45) is 0. The quantitative estimate of drug-likeness (QED) is 0.671. The van der Waals surface area contributed by atoms with Crippen molar-refractivity contribution >= 4 is 27.2 Å². The highest BCUT2D eigenvalue weighted by molar-refractivity contribution is 7.21. The third kappa shape index (κ3) is 2.08. The van der Waals surface area contributed by atoms with Crippen LogP contribution in [0.5, 0.6) is 0 Å². The maximum atomic E-state index is 13.2. The molecule has 19 heavy (non-hydrogen) atoms. The molecule has 2 nitrogen and oxygen atoms in total. The van der Waals surface area contributed by atoms with Crippen molar-refractivity contribution in [1.29, 1.82) is 0 Å². The molecule has 0 amide bonds. The molecule has 0 unspecified atom stereocenters. The van der Waals surface area contributed by atoms with Crippen molar-refractivity contribution < 1.29 is 4.39 Å². The number of hydrogen-bond acceptors (Lipinski definition) is 3. The second-order valence-electron chi connectivity index (χ2n) is 4.67. The van der Waals surface area contributed by atoms with Crippen LogP contribution in [0.4, 0.5) is 10.1 Å². The van der Waals surface area contributed by atoms with Crippen LogP contribution < -0.4 is 5.73 Å². The third-order valence-corrected chi connectivity index (χ3v) is 4.16. The van der Waals surface area contributed by atoms with Crippen LogP contribution in [0.3, 0.4) is 0 Å².